The summed E-state index contributed by atoms with van der Waals surface area (Å²) in [6.45, 7) is 1.60. The van der Waals surface area contributed by atoms with Gasteiger partial charge >= 0.3 is 0 Å². The van der Waals surface area contributed by atoms with E-state index >= 15 is 0 Å². The Morgan fingerprint density at radius 1 is 1.10 bits per heavy atom. The van der Waals surface area contributed by atoms with E-state index in [1.807, 2.05) is 60.9 Å². The molecule has 0 aliphatic carbocycles. The van der Waals surface area contributed by atoms with E-state index in [1.165, 1.54) is 0 Å². The summed E-state index contributed by atoms with van der Waals surface area (Å²) in [6, 6.07) is 17.7. The molecule has 0 saturated heterocycles. The first-order valence-electron chi connectivity index (χ1n) is 6.92. The molecule has 0 fully saturated rings. The number of rotatable bonds is 6. The van der Waals surface area contributed by atoms with Crippen LogP contribution in [0, 0.1) is 0 Å². The maximum atomic E-state index is 12.6. The number of nitrogens with two attached hydrogens (primary N) is 1. The molecule has 2 aromatic rings. The normalized spacial score (nSPS) is 10.4. The van der Waals surface area contributed by atoms with E-state index in [9.17, 15) is 4.79 Å². The molecule has 0 aliphatic heterocycles. The lowest BCUT2D eigenvalue weighted by atomic mass is 10.1. The second kappa shape index (κ2) is 7.86. The fourth-order valence-corrected chi connectivity index (χ4v) is 2.54. The van der Waals surface area contributed by atoms with Crippen molar-refractivity contribution >= 4 is 17.7 Å². The number of carbonyl (C=O) groups excluding carboxylic acids is 1. The maximum absolute atomic E-state index is 12.6. The molecule has 0 radical (unpaired) electrons. The van der Waals surface area contributed by atoms with Gasteiger partial charge in [0, 0.05) is 30.1 Å². The molecule has 0 unspecified atom stereocenters. The van der Waals surface area contributed by atoms with Gasteiger partial charge in [-0.3, -0.25) is 4.79 Å². The molecule has 110 valence electrons. The van der Waals surface area contributed by atoms with E-state index in [0.29, 0.717) is 25.2 Å². The molecule has 2 aromatic carbocycles. The largest absolute Gasteiger partial charge is 0.333 e. The van der Waals surface area contributed by atoms with Crippen LogP contribution in [0.3, 0.4) is 0 Å². The third kappa shape index (κ3) is 4.34. The molecule has 0 saturated carbocycles. The highest BCUT2D eigenvalue weighted by Gasteiger charge is 2.15. The first kappa shape index (κ1) is 15.6. The second-order valence-electron chi connectivity index (χ2n) is 4.73. The fourth-order valence-electron chi connectivity index (χ4n) is 2.13. The van der Waals surface area contributed by atoms with Gasteiger partial charge in [-0.2, -0.15) is 0 Å². The first-order valence-corrected chi connectivity index (χ1v) is 8.14. The van der Waals surface area contributed by atoms with Crippen molar-refractivity contribution in [2.24, 2.45) is 5.73 Å². The van der Waals surface area contributed by atoms with Crippen LogP contribution in [0.1, 0.15) is 15.9 Å². The van der Waals surface area contributed by atoms with Crippen LogP contribution < -0.4 is 5.73 Å². The molecule has 0 atom stereocenters. The molecule has 2 N–H and O–H groups in total. The summed E-state index contributed by atoms with van der Waals surface area (Å²) >= 11 is 1.67. The molecule has 0 bridgehead atoms. The molecule has 0 aliphatic rings. The zero-order valence-corrected chi connectivity index (χ0v) is 13.0. The van der Waals surface area contributed by atoms with Crippen LogP contribution in [0.4, 0.5) is 0 Å². The van der Waals surface area contributed by atoms with Crippen molar-refractivity contribution < 1.29 is 4.79 Å². The van der Waals surface area contributed by atoms with E-state index in [-0.39, 0.29) is 5.91 Å². The summed E-state index contributed by atoms with van der Waals surface area (Å²) in [5.74, 6) is 0.0250. The highest BCUT2D eigenvalue weighted by atomic mass is 32.2. The van der Waals surface area contributed by atoms with Gasteiger partial charge in [-0.25, -0.2) is 0 Å². The standard InChI is InChI=1S/C17H20N2OS/c1-21-16-9-7-15(8-10-16)17(20)19(12-11-18)13-14-5-3-2-4-6-14/h2-10H,11-13,18H2,1H3. The van der Waals surface area contributed by atoms with Crippen molar-refractivity contribution in [2.75, 3.05) is 19.3 Å². The monoisotopic (exact) mass is 300 g/mol. The summed E-state index contributed by atoms with van der Waals surface area (Å²) in [5.41, 5.74) is 7.46. The van der Waals surface area contributed by atoms with Gasteiger partial charge in [-0.15, -0.1) is 11.8 Å². The molecular weight excluding hydrogens is 280 g/mol. The van der Waals surface area contributed by atoms with Crippen LogP contribution in [-0.4, -0.2) is 30.2 Å². The Labute approximate surface area is 130 Å². The quantitative estimate of drug-likeness (QED) is 0.834. The van der Waals surface area contributed by atoms with Gasteiger partial charge in [-0.1, -0.05) is 30.3 Å². The highest BCUT2D eigenvalue weighted by molar-refractivity contribution is 7.98. The number of hydrogen-bond acceptors (Lipinski definition) is 3. The zero-order valence-electron chi connectivity index (χ0n) is 12.2. The Balaban J connectivity index is 2.14. The Morgan fingerprint density at radius 3 is 2.33 bits per heavy atom. The number of benzene rings is 2. The van der Waals surface area contributed by atoms with Crippen molar-refractivity contribution in [2.45, 2.75) is 11.4 Å². The summed E-state index contributed by atoms with van der Waals surface area (Å²) < 4.78 is 0. The molecule has 0 spiro atoms. The maximum Gasteiger partial charge on any atom is 0.254 e. The molecule has 0 heterocycles. The summed E-state index contributed by atoms with van der Waals surface area (Å²) in [7, 11) is 0. The van der Waals surface area contributed by atoms with Crippen molar-refractivity contribution in [3.05, 3.63) is 65.7 Å². The SMILES string of the molecule is CSc1ccc(C(=O)N(CCN)Cc2ccccc2)cc1. The van der Waals surface area contributed by atoms with Gasteiger partial charge < -0.3 is 10.6 Å². The number of hydrogen-bond donors (Lipinski definition) is 1. The Kier molecular flexibility index (Phi) is 5.84. The lowest BCUT2D eigenvalue weighted by molar-refractivity contribution is 0.0748. The molecule has 0 aromatic heterocycles. The molecule has 21 heavy (non-hydrogen) atoms. The number of nitrogens with zero attached hydrogens (tertiary/aromatic N) is 1. The van der Waals surface area contributed by atoms with Crippen LogP contribution in [0.15, 0.2) is 59.5 Å². The van der Waals surface area contributed by atoms with Crippen LogP contribution in [0.5, 0.6) is 0 Å². The minimum absolute atomic E-state index is 0.0250. The van der Waals surface area contributed by atoms with E-state index < -0.39 is 0 Å². The minimum atomic E-state index is 0.0250. The van der Waals surface area contributed by atoms with E-state index in [2.05, 4.69) is 0 Å². The van der Waals surface area contributed by atoms with Gasteiger partial charge in [0.1, 0.15) is 0 Å². The molecule has 3 nitrogen and oxygen atoms in total. The number of thioether (sulfide) groups is 1. The Bertz CT molecular complexity index is 569. The van der Waals surface area contributed by atoms with E-state index in [0.717, 1.165) is 10.5 Å². The molecular formula is C17H20N2OS. The predicted octanol–water partition coefficient (Wildman–Crippen LogP) is 3.01. The van der Waals surface area contributed by atoms with Gasteiger partial charge in [0.15, 0.2) is 0 Å². The molecule has 4 heteroatoms. The van der Waals surface area contributed by atoms with Crippen LogP contribution in [0.2, 0.25) is 0 Å². The van der Waals surface area contributed by atoms with E-state index in [4.69, 9.17) is 5.73 Å². The summed E-state index contributed by atoms with van der Waals surface area (Å²) in [6.07, 6.45) is 2.02. The average Bonchev–Trinajstić information content (AvgIpc) is 2.55. The van der Waals surface area contributed by atoms with Crippen molar-refractivity contribution in [1.82, 2.24) is 4.90 Å². The fraction of sp³-hybridized carbons (Fsp3) is 0.235. The highest BCUT2D eigenvalue weighted by Crippen LogP contribution is 2.16. The topological polar surface area (TPSA) is 46.3 Å². The Morgan fingerprint density at radius 2 is 1.76 bits per heavy atom. The predicted molar refractivity (Wildman–Crippen MR) is 88.5 cm³/mol. The summed E-state index contributed by atoms with van der Waals surface area (Å²) in [5, 5.41) is 0. The second-order valence-corrected chi connectivity index (χ2v) is 5.61. The third-order valence-corrected chi connectivity index (χ3v) is 3.98. The average molecular weight is 300 g/mol. The van der Waals surface area contributed by atoms with Crippen molar-refractivity contribution in [3.63, 3.8) is 0 Å². The van der Waals surface area contributed by atoms with Gasteiger partial charge in [-0.05, 0) is 36.1 Å². The van der Waals surface area contributed by atoms with Crippen LogP contribution in [0.25, 0.3) is 0 Å². The molecule has 1 amide bonds. The van der Waals surface area contributed by atoms with Gasteiger partial charge in [0.05, 0.1) is 0 Å². The van der Waals surface area contributed by atoms with E-state index in [1.54, 1.807) is 16.7 Å². The Hall–Kier alpha value is -1.78. The third-order valence-electron chi connectivity index (χ3n) is 3.24. The van der Waals surface area contributed by atoms with Crippen LogP contribution >= 0.6 is 11.8 Å². The lowest BCUT2D eigenvalue weighted by Gasteiger charge is -2.22. The van der Waals surface area contributed by atoms with Gasteiger partial charge in [0.25, 0.3) is 5.91 Å². The molecule has 2 rings (SSSR count). The smallest absolute Gasteiger partial charge is 0.254 e. The minimum Gasteiger partial charge on any atom is -0.333 e. The van der Waals surface area contributed by atoms with Gasteiger partial charge in [0.2, 0.25) is 0 Å². The lowest BCUT2D eigenvalue weighted by Crippen LogP contribution is -2.34. The van der Waals surface area contributed by atoms with Crippen molar-refractivity contribution in [1.29, 1.82) is 0 Å². The zero-order chi connectivity index (χ0) is 15.1. The van der Waals surface area contributed by atoms with Crippen molar-refractivity contribution in [3.8, 4) is 0 Å². The number of carbonyl (C=O) groups is 1. The number of amides is 1. The summed E-state index contributed by atoms with van der Waals surface area (Å²) in [4.78, 5) is 15.6. The van der Waals surface area contributed by atoms with Crippen LogP contribution in [-0.2, 0) is 6.54 Å². The first-order chi connectivity index (χ1) is 10.2.